The molecule has 0 amide bonds. The van der Waals surface area contributed by atoms with Gasteiger partial charge in [0.2, 0.25) is 0 Å². The summed E-state index contributed by atoms with van der Waals surface area (Å²) in [5.41, 5.74) is 2.91. The van der Waals surface area contributed by atoms with Crippen LogP contribution in [0.5, 0.6) is 0 Å². The van der Waals surface area contributed by atoms with E-state index in [-0.39, 0.29) is 16.9 Å². The maximum atomic E-state index is 15.2. The molecule has 0 bridgehead atoms. The molecule has 3 N–H and O–H groups in total. The van der Waals surface area contributed by atoms with E-state index in [1.807, 2.05) is 23.9 Å². The van der Waals surface area contributed by atoms with Crippen molar-refractivity contribution in [1.82, 2.24) is 34.4 Å². The van der Waals surface area contributed by atoms with E-state index in [9.17, 15) is 14.7 Å². The predicted molar refractivity (Wildman–Crippen MR) is 156 cm³/mol. The van der Waals surface area contributed by atoms with Crippen LogP contribution >= 0.6 is 0 Å². The highest BCUT2D eigenvalue weighted by Crippen LogP contribution is 2.41. The van der Waals surface area contributed by atoms with Crippen LogP contribution in [0.1, 0.15) is 41.1 Å². The molecule has 2 aliphatic rings. The molecule has 5 aromatic rings. The van der Waals surface area contributed by atoms with Gasteiger partial charge in [0.25, 0.3) is 11.1 Å². The highest BCUT2D eigenvalue weighted by atomic mass is 19.1. The summed E-state index contributed by atoms with van der Waals surface area (Å²) >= 11 is 0. The number of halogens is 1. The van der Waals surface area contributed by atoms with Gasteiger partial charge in [0.15, 0.2) is 5.82 Å². The van der Waals surface area contributed by atoms with E-state index in [2.05, 4.69) is 30.5 Å². The molecule has 7 rings (SSSR count). The fourth-order valence-corrected chi connectivity index (χ4v) is 5.77. The first-order valence-corrected chi connectivity index (χ1v) is 13.9. The second kappa shape index (κ2) is 10.00. The van der Waals surface area contributed by atoms with Gasteiger partial charge in [0.05, 0.1) is 29.9 Å². The van der Waals surface area contributed by atoms with Crippen LogP contribution in [-0.4, -0.2) is 53.1 Å². The predicted octanol–water partition coefficient (Wildman–Crippen LogP) is 3.34. The average Bonchev–Trinajstić information content (AvgIpc) is 3.75. The zero-order chi connectivity index (χ0) is 29.1. The maximum Gasteiger partial charge on any atom is 0.288 e. The third-order valence-corrected chi connectivity index (χ3v) is 8.17. The first-order valence-electron chi connectivity index (χ1n) is 13.9. The van der Waals surface area contributed by atoms with Crippen molar-refractivity contribution in [3.63, 3.8) is 0 Å². The molecular weight excluding hydrogens is 539 g/mol. The summed E-state index contributed by atoms with van der Waals surface area (Å²) < 4.78 is 18.3. The summed E-state index contributed by atoms with van der Waals surface area (Å²) in [7, 11) is 2.04. The number of rotatable bonds is 6. The molecule has 0 unspecified atom stereocenters. The molecule has 42 heavy (non-hydrogen) atoms. The highest BCUT2D eigenvalue weighted by molar-refractivity contribution is 5.83. The second-order valence-corrected chi connectivity index (χ2v) is 11.1. The Morgan fingerprint density at radius 3 is 2.79 bits per heavy atom. The Labute approximate surface area is 239 Å². The van der Waals surface area contributed by atoms with Gasteiger partial charge in [-0.1, -0.05) is 6.07 Å². The number of aromatic amines is 1. The molecule has 0 radical (unpaired) electrons. The third-order valence-electron chi connectivity index (χ3n) is 8.17. The number of hydrogen-bond donors (Lipinski definition) is 3. The van der Waals surface area contributed by atoms with Gasteiger partial charge in [-0.3, -0.25) is 23.7 Å². The molecule has 214 valence electrons. The number of aliphatic hydroxyl groups excluding tert-OH is 1. The molecular formula is C30H29FN8O3. The lowest BCUT2D eigenvalue weighted by Gasteiger charge is -2.22. The van der Waals surface area contributed by atoms with Crippen molar-refractivity contribution in [3.05, 3.63) is 91.6 Å². The van der Waals surface area contributed by atoms with Crippen LogP contribution in [0.15, 0.2) is 52.3 Å². The van der Waals surface area contributed by atoms with E-state index in [0.717, 1.165) is 43.7 Å². The summed E-state index contributed by atoms with van der Waals surface area (Å²) in [6.07, 6.45) is 5.09. The number of nitrogens with one attached hydrogen (secondary N) is 2. The molecule has 11 nitrogen and oxygen atoms in total. The van der Waals surface area contributed by atoms with Gasteiger partial charge in [0, 0.05) is 48.2 Å². The minimum absolute atomic E-state index is 0.0308. The minimum atomic E-state index is -0.574. The number of benzene rings is 1. The van der Waals surface area contributed by atoms with Crippen LogP contribution in [-0.2, 0) is 19.7 Å². The second-order valence-electron chi connectivity index (χ2n) is 11.1. The van der Waals surface area contributed by atoms with E-state index in [4.69, 9.17) is 0 Å². The summed E-state index contributed by atoms with van der Waals surface area (Å²) in [6, 6.07) is 8.58. The van der Waals surface area contributed by atoms with Gasteiger partial charge in [-0.15, -0.1) is 0 Å². The van der Waals surface area contributed by atoms with E-state index in [1.165, 1.54) is 16.8 Å². The standard InChI is InChI=1S/C30H29FN8O3/c1-16-26(34-35-29(41)27(16)33-24-13-20-14-37(2)9-10-39(20)36-24)21-5-7-32-28(22(21)15-40)38-8-6-18-11-19(17-3-4-17)12-23(31)25(18)30(38)42/h5-8,11-13,17,40H,3-4,9-10,14-15H2,1-2H3,(H,35,41)(H,33,34,36). The molecule has 4 aromatic heterocycles. The summed E-state index contributed by atoms with van der Waals surface area (Å²) in [4.78, 5) is 33.0. The van der Waals surface area contributed by atoms with Crippen molar-refractivity contribution in [2.24, 2.45) is 0 Å². The Balaban J connectivity index is 1.31. The fraction of sp³-hybridized carbons (Fsp3) is 0.300. The first kappa shape index (κ1) is 26.2. The Hall–Kier alpha value is -4.68. The van der Waals surface area contributed by atoms with E-state index in [1.54, 1.807) is 25.3 Å². The van der Waals surface area contributed by atoms with E-state index < -0.39 is 23.5 Å². The first-order chi connectivity index (χ1) is 20.3. The Bertz CT molecular complexity index is 1990. The Kier molecular flexibility index (Phi) is 6.24. The molecule has 0 spiro atoms. The van der Waals surface area contributed by atoms with Crippen molar-refractivity contribution < 1.29 is 9.50 Å². The normalized spacial score (nSPS) is 15.2. The number of nitrogens with zero attached hydrogens (tertiary/aromatic N) is 6. The fourth-order valence-electron chi connectivity index (χ4n) is 5.77. The average molecular weight is 569 g/mol. The third kappa shape index (κ3) is 4.39. The van der Waals surface area contributed by atoms with Crippen LogP contribution in [0, 0.1) is 12.7 Å². The molecule has 12 heteroatoms. The molecule has 0 saturated heterocycles. The largest absolute Gasteiger partial charge is 0.392 e. The van der Waals surface area contributed by atoms with Crippen molar-refractivity contribution in [3.8, 4) is 17.1 Å². The number of aromatic nitrogens is 6. The molecule has 1 aromatic carbocycles. The van der Waals surface area contributed by atoms with E-state index in [0.29, 0.717) is 39.5 Å². The lowest BCUT2D eigenvalue weighted by molar-refractivity contribution is 0.259. The Morgan fingerprint density at radius 1 is 1.17 bits per heavy atom. The van der Waals surface area contributed by atoms with Crippen LogP contribution in [0.25, 0.3) is 27.8 Å². The quantitative estimate of drug-likeness (QED) is 0.284. The minimum Gasteiger partial charge on any atom is -0.392 e. The Morgan fingerprint density at radius 2 is 2.00 bits per heavy atom. The number of likely N-dealkylation sites (N-methyl/N-ethyl adjacent to an activating group) is 1. The molecule has 1 aliphatic heterocycles. The van der Waals surface area contributed by atoms with Crippen LogP contribution in [0.3, 0.4) is 0 Å². The van der Waals surface area contributed by atoms with Crippen molar-refractivity contribution >= 4 is 22.3 Å². The van der Waals surface area contributed by atoms with Gasteiger partial charge in [-0.2, -0.15) is 10.2 Å². The van der Waals surface area contributed by atoms with Gasteiger partial charge >= 0.3 is 0 Å². The lowest BCUT2D eigenvalue weighted by Crippen LogP contribution is -2.30. The number of fused-ring (bicyclic) bond motifs is 2. The van der Waals surface area contributed by atoms with Gasteiger partial charge in [-0.25, -0.2) is 14.5 Å². The smallest absolute Gasteiger partial charge is 0.288 e. The van der Waals surface area contributed by atoms with Gasteiger partial charge in [0.1, 0.15) is 17.3 Å². The summed E-state index contributed by atoms with van der Waals surface area (Å²) in [6.45, 7) is 3.67. The van der Waals surface area contributed by atoms with Gasteiger partial charge in [-0.05, 0) is 61.9 Å². The molecule has 1 fully saturated rings. The summed E-state index contributed by atoms with van der Waals surface area (Å²) in [5, 5.41) is 25.6. The molecule has 1 aliphatic carbocycles. The van der Waals surface area contributed by atoms with Crippen LogP contribution in [0.2, 0.25) is 0 Å². The van der Waals surface area contributed by atoms with Crippen molar-refractivity contribution in [2.75, 3.05) is 18.9 Å². The topological polar surface area (TPSA) is 134 Å². The number of H-pyrrole nitrogens is 1. The number of anilines is 2. The number of aliphatic hydroxyl groups is 1. The van der Waals surface area contributed by atoms with Gasteiger partial charge < -0.3 is 10.4 Å². The zero-order valence-corrected chi connectivity index (χ0v) is 23.2. The number of pyridine rings is 2. The van der Waals surface area contributed by atoms with Crippen molar-refractivity contribution in [1.29, 1.82) is 0 Å². The number of hydrogen-bond acceptors (Lipinski definition) is 8. The molecule has 1 saturated carbocycles. The van der Waals surface area contributed by atoms with Crippen molar-refractivity contribution in [2.45, 2.75) is 45.4 Å². The maximum absolute atomic E-state index is 15.2. The SMILES string of the molecule is Cc1c(-c2ccnc(-n3ccc4cc(C5CC5)cc(F)c4c3=O)c2CO)n[nH]c(=O)c1Nc1cc2n(n1)CCN(C)C2. The van der Waals surface area contributed by atoms with Crippen LogP contribution in [0.4, 0.5) is 15.9 Å². The highest BCUT2D eigenvalue weighted by Gasteiger charge is 2.26. The molecule has 0 atom stereocenters. The van der Waals surface area contributed by atoms with E-state index >= 15 is 4.39 Å². The van der Waals surface area contributed by atoms with Crippen LogP contribution < -0.4 is 16.4 Å². The molecule has 5 heterocycles. The summed E-state index contributed by atoms with van der Waals surface area (Å²) in [5.74, 6) is 0.467. The monoisotopic (exact) mass is 568 g/mol. The lowest BCUT2D eigenvalue weighted by atomic mass is 10.0. The zero-order valence-electron chi connectivity index (χ0n) is 23.2.